The first-order valence-corrected chi connectivity index (χ1v) is 13.1. The van der Waals surface area contributed by atoms with Crippen molar-refractivity contribution in [2.45, 2.75) is 38.3 Å². The number of carbonyl (C=O) groups excluding carboxylic acids is 4. The number of nitrogens with zero attached hydrogens (tertiary/aromatic N) is 4. The van der Waals surface area contributed by atoms with E-state index in [-0.39, 0.29) is 35.2 Å². The van der Waals surface area contributed by atoms with E-state index >= 15 is 0 Å². The molecule has 6 rings (SSSR count). The summed E-state index contributed by atoms with van der Waals surface area (Å²) in [5.74, 6) is -0.944. The van der Waals surface area contributed by atoms with E-state index in [1.807, 2.05) is 23.1 Å². The van der Waals surface area contributed by atoms with Gasteiger partial charge in [-0.05, 0) is 37.5 Å². The fourth-order valence-electron chi connectivity index (χ4n) is 6.21. The van der Waals surface area contributed by atoms with Gasteiger partial charge in [-0.2, -0.15) is 0 Å². The largest absolute Gasteiger partial charge is 0.370 e. The Balaban J connectivity index is 1.11. The number of amides is 4. The van der Waals surface area contributed by atoms with Gasteiger partial charge >= 0.3 is 0 Å². The third kappa shape index (κ3) is 4.00. The van der Waals surface area contributed by atoms with Gasteiger partial charge < -0.3 is 14.7 Å². The number of imide groups is 1. The zero-order valence-corrected chi connectivity index (χ0v) is 21.5. The minimum atomic E-state index is -0.628. The van der Waals surface area contributed by atoms with E-state index in [1.54, 1.807) is 23.1 Å². The Morgan fingerprint density at radius 2 is 1.87 bits per heavy atom. The van der Waals surface area contributed by atoms with Crippen LogP contribution in [0.25, 0.3) is 4.85 Å². The number of fused-ring (bicyclic) bond motifs is 1. The van der Waals surface area contributed by atoms with E-state index in [2.05, 4.69) is 15.1 Å². The number of hydrogen-bond acceptors (Lipinski definition) is 5. The molecule has 1 atom stereocenters. The van der Waals surface area contributed by atoms with Crippen LogP contribution in [0.2, 0.25) is 5.02 Å². The summed E-state index contributed by atoms with van der Waals surface area (Å²) in [7, 11) is 0. The van der Waals surface area contributed by atoms with Crippen LogP contribution in [0.1, 0.15) is 52.0 Å². The molecule has 0 saturated carbocycles. The summed E-state index contributed by atoms with van der Waals surface area (Å²) in [6, 6.07) is 9.92. The first kappa shape index (κ1) is 24.4. The molecule has 4 heterocycles. The number of benzene rings is 2. The smallest absolute Gasteiger partial charge is 0.255 e. The second kappa shape index (κ2) is 9.14. The highest BCUT2D eigenvalue weighted by Gasteiger charge is 2.47. The van der Waals surface area contributed by atoms with Gasteiger partial charge in [-0.3, -0.25) is 24.5 Å². The number of nitrogens with one attached hydrogen (secondary N) is 1. The fraction of sp³-hybridized carbons (Fsp3) is 0.393. The number of rotatable bonds is 3. The van der Waals surface area contributed by atoms with Crippen LogP contribution in [0, 0.1) is 12.0 Å². The molecule has 1 spiro atoms. The van der Waals surface area contributed by atoms with E-state index in [9.17, 15) is 19.2 Å². The molecule has 3 saturated heterocycles. The van der Waals surface area contributed by atoms with Crippen molar-refractivity contribution in [3.05, 3.63) is 69.5 Å². The van der Waals surface area contributed by atoms with Crippen LogP contribution < -0.4 is 10.2 Å². The molecule has 4 aliphatic rings. The minimum Gasteiger partial charge on any atom is -0.370 e. The summed E-state index contributed by atoms with van der Waals surface area (Å²) < 4.78 is 0. The van der Waals surface area contributed by atoms with Gasteiger partial charge in [0.25, 0.3) is 11.8 Å². The summed E-state index contributed by atoms with van der Waals surface area (Å²) in [6.07, 6.45) is 2.34. The van der Waals surface area contributed by atoms with Crippen LogP contribution in [-0.4, -0.2) is 65.6 Å². The van der Waals surface area contributed by atoms with Crippen molar-refractivity contribution in [1.29, 1.82) is 0 Å². The number of likely N-dealkylation sites (tertiary alicyclic amines) is 1. The standard InChI is InChI=1S/C28H26ClN5O4/c1-30-21-13-17(5-6-20(21)29)26(37)32-11-9-28(10-12-32)15-33(16-28)22-4-2-3-18-19(22)14-34(27(18)38)23-7-8-24(35)31-25(23)36/h2-6,13,23H,7-12,14-16H2,(H,31,35,36). The first-order chi connectivity index (χ1) is 18.3. The highest BCUT2D eigenvalue weighted by Crippen LogP contribution is 2.45. The van der Waals surface area contributed by atoms with Crippen molar-refractivity contribution in [2.24, 2.45) is 5.41 Å². The van der Waals surface area contributed by atoms with E-state index in [0.717, 1.165) is 37.2 Å². The van der Waals surface area contributed by atoms with E-state index < -0.39 is 11.9 Å². The van der Waals surface area contributed by atoms with Crippen LogP contribution in [0.3, 0.4) is 0 Å². The van der Waals surface area contributed by atoms with E-state index in [1.165, 1.54) is 0 Å². The Labute approximate surface area is 225 Å². The third-order valence-electron chi connectivity index (χ3n) is 8.38. The molecule has 2 aromatic carbocycles. The van der Waals surface area contributed by atoms with Gasteiger partial charge in [0.1, 0.15) is 6.04 Å². The van der Waals surface area contributed by atoms with Crippen molar-refractivity contribution >= 4 is 46.6 Å². The van der Waals surface area contributed by atoms with Crippen molar-refractivity contribution < 1.29 is 19.2 Å². The van der Waals surface area contributed by atoms with E-state index in [4.69, 9.17) is 18.2 Å². The lowest BCUT2D eigenvalue weighted by Crippen LogP contribution is -2.61. The predicted octanol–water partition coefficient (Wildman–Crippen LogP) is 3.39. The van der Waals surface area contributed by atoms with Gasteiger partial charge in [0.15, 0.2) is 0 Å². The monoisotopic (exact) mass is 531 g/mol. The Hall–Kier alpha value is -3.90. The number of anilines is 1. The SMILES string of the molecule is [C-]#[N+]c1cc(C(=O)N2CCC3(CC2)CN(c2cccc4c2CN(C2CCC(=O)NC2=O)C4=O)C3)ccc1Cl. The Kier molecular flexibility index (Phi) is 5.88. The molecular weight excluding hydrogens is 506 g/mol. The van der Waals surface area contributed by atoms with Crippen LogP contribution in [0.4, 0.5) is 11.4 Å². The summed E-state index contributed by atoms with van der Waals surface area (Å²) in [5.41, 5.74) is 3.45. The molecule has 38 heavy (non-hydrogen) atoms. The molecule has 0 aromatic heterocycles. The molecule has 9 nitrogen and oxygen atoms in total. The first-order valence-electron chi connectivity index (χ1n) is 12.8. The van der Waals surface area contributed by atoms with E-state index in [0.29, 0.717) is 42.2 Å². The molecule has 0 aliphatic carbocycles. The van der Waals surface area contributed by atoms with Crippen LogP contribution in [-0.2, 0) is 16.1 Å². The quantitative estimate of drug-likeness (QED) is 0.484. The van der Waals surface area contributed by atoms with Gasteiger partial charge in [-0.1, -0.05) is 29.8 Å². The van der Waals surface area contributed by atoms with Gasteiger partial charge in [0.2, 0.25) is 17.5 Å². The topological polar surface area (TPSA) is 94.4 Å². The normalized spacial score (nSPS) is 22.2. The Morgan fingerprint density at radius 3 is 2.58 bits per heavy atom. The number of piperidine rings is 2. The zero-order valence-electron chi connectivity index (χ0n) is 20.7. The highest BCUT2D eigenvalue weighted by atomic mass is 35.5. The molecule has 194 valence electrons. The fourth-order valence-corrected chi connectivity index (χ4v) is 6.37. The summed E-state index contributed by atoms with van der Waals surface area (Å²) >= 11 is 6.02. The molecular formula is C28H26ClN5O4. The average molecular weight is 532 g/mol. The third-order valence-corrected chi connectivity index (χ3v) is 8.70. The molecule has 3 fully saturated rings. The maximum atomic E-state index is 13.2. The minimum absolute atomic E-state index is 0.0782. The lowest BCUT2D eigenvalue weighted by atomic mass is 9.71. The highest BCUT2D eigenvalue weighted by molar-refractivity contribution is 6.33. The van der Waals surface area contributed by atoms with Gasteiger partial charge in [-0.25, -0.2) is 4.85 Å². The van der Waals surface area contributed by atoms with Gasteiger partial charge in [-0.15, -0.1) is 0 Å². The molecule has 4 amide bonds. The van der Waals surface area contributed by atoms with Crippen LogP contribution in [0.15, 0.2) is 36.4 Å². The lowest BCUT2D eigenvalue weighted by Gasteiger charge is -2.55. The Morgan fingerprint density at radius 1 is 1.11 bits per heavy atom. The number of carbonyl (C=O) groups is 4. The molecule has 0 radical (unpaired) electrons. The van der Waals surface area contributed by atoms with Gasteiger partial charge in [0, 0.05) is 72.0 Å². The zero-order chi connectivity index (χ0) is 26.6. The van der Waals surface area contributed by atoms with Crippen molar-refractivity contribution in [3.63, 3.8) is 0 Å². The molecule has 4 aliphatic heterocycles. The number of halogens is 1. The summed E-state index contributed by atoms with van der Waals surface area (Å²) in [6.45, 7) is 10.6. The average Bonchev–Trinajstić information content (AvgIpc) is 3.23. The molecule has 10 heteroatoms. The number of hydrogen-bond donors (Lipinski definition) is 1. The Bertz CT molecular complexity index is 1420. The van der Waals surface area contributed by atoms with Crippen LogP contribution in [0.5, 0.6) is 0 Å². The summed E-state index contributed by atoms with van der Waals surface area (Å²) in [5, 5.41) is 2.70. The second-order valence-electron chi connectivity index (χ2n) is 10.6. The summed E-state index contributed by atoms with van der Waals surface area (Å²) in [4.78, 5) is 59.3. The van der Waals surface area contributed by atoms with Gasteiger partial charge in [0.05, 0.1) is 6.57 Å². The molecule has 1 unspecified atom stereocenters. The molecule has 2 aromatic rings. The molecule has 0 bridgehead atoms. The maximum Gasteiger partial charge on any atom is 0.255 e. The molecule has 1 N–H and O–H groups in total. The van der Waals surface area contributed by atoms with Crippen molar-refractivity contribution in [3.8, 4) is 0 Å². The van der Waals surface area contributed by atoms with Crippen molar-refractivity contribution in [2.75, 3.05) is 31.1 Å². The second-order valence-corrected chi connectivity index (χ2v) is 11.0. The maximum absolute atomic E-state index is 13.2. The predicted molar refractivity (Wildman–Crippen MR) is 140 cm³/mol. The lowest BCUT2D eigenvalue weighted by molar-refractivity contribution is -0.136. The van der Waals surface area contributed by atoms with Crippen molar-refractivity contribution in [1.82, 2.24) is 15.1 Å². The van der Waals surface area contributed by atoms with Crippen LogP contribution >= 0.6 is 11.6 Å².